The molecule has 0 bridgehead atoms. The highest BCUT2D eigenvalue weighted by Gasteiger charge is 2.58. The van der Waals surface area contributed by atoms with Crippen LogP contribution in [0.25, 0.3) is 0 Å². The lowest BCUT2D eigenvalue weighted by Crippen LogP contribution is -2.62. The third-order valence-corrected chi connectivity index (χ3v) is 16.8. The molecule has 0 saturated carbocycles. The molecule has 68 heavy (non-hydrogen) atoms. The number of hydrogen-bond donors (Lipinski definition) is 2. The molecule has 0 spiro atoms. The van der Waals surface area contributed by atoms with E-state index in [1.165, 1.54) is 11.1 Å². The number of ether oxygens (including phenoxy) is 2. The van der Waals surface area contributed by atoms with Crippen LogP contribution in [0, 0.1) is 35.0 Å². The first-order valence-corrected chi connectivity index (χ1v) is 26.3. The number of benzene rings is 2. The van der Waals surface area contributed by atoms with Crippen molar-refractivity contribution >= 4 is 23.5 Å². The molecule has 2 aromatic rings. The van der Waals surface area contributed by atoms with Gasteiger partial charge in [0.05, 0.1) is 37.0 Å². The van der Waals surface area contributed by atoms with Crippen molar-refractivity contribution in [1.29, 1.82) is 0 Å². The van der Waals surface area contributed by atoms with Crippen LogP contribution in [0.2, 0.25) is 0 Å². The number of rotatable bonds is 22. The first-order valence-electron chi connectivity index (χ1n) is 26.3. The highest BCUT2D eigenvalue weighted by molar-refractivity contribution is 5.90. The molecule has 4 aliphatic heterocycles. The SMILES string of the molecule is CC[C@@H](C)C(=O)N[C@H](C(=O)N1CC[C@@]2(C)C[C@@H](OCCO[C@@H]3C[C@@H]4CCN(C(=O)[C@@H](CC(=O)[C@@H](C)NC)C(C)C)[C@@H]4CN(CCc4ccccc4)C3)CN(CCc3ccccc3)C[C@@]12C)C(C)C. The number of fused-ring (bicyclic) bond motifs is 2. The second kappa shape index (κ2) is 24.4. The van der Waals surface area contributed by atoms with E-state index in [1.807, 2.05) is 34.6 Å². The smallest absolute Gasteiger partial charge is 0.245 e. The Bertz CT molecular complexity index is 1930. The van der Waals surface area contributed by atoms with E-state index in [-0.39, 0.29) is 83.3 Å². The minimum absolute atomic E-state index is 0.000184. The van der Waals surface area contributed by atoms with Crippen molar-refractivity contribution in [2.24, 2.45) is 35.0 Å². The van der Waals surface area contributed by atoms with E-state index >= 15 is 0 Å². The lowest BCUT2D eigenvalue weighted by atomic mass is 9.69. The lowest BCUT2D eigenvalue weighted by Gasteiger charge is -2.47. The zero-order valence-corrected chi connectivity index (χ0v) is 43.5. The van der Waals surface area contributed by atoms with Gasteiger partial charge in [0, 0.05) is 76.7 Å². The minimum Gasteiger partial charge on any atom is -0.374 e. The van der Waals surface area contributed by atoms with Crippen molar-refractivity contribution in [2.75, 3.05) is 72.6 Å². The Morgan fingerprint density at radius 1 is 0.765 bits per heavy atom. The third-order valence-electron chi connectivity index (χ3n) is 16.8. The maximum atomic E-state index is 14.7. The Morgan fingerprint density at radius 3 is 1.96 bits per heavy atom. The standard InChI is InChI=1S/C56H88N6O6/c1-11-41(6)52(64)58-51(40(4)5)54(66)62-29-25-55(8)34-47(36-60(38-56(55,62)9)27-23-44-20-16-13-17-21-44)68-31-30-67-46-32-45-24-28-61(53(65)48(39(2)3)33-50(63)42(7)57-10)49(45)37-59(35-46)26-22-43-18-14-12-15-19-43/h12-21,39-42,45-49,51,57H,11,22-38H2,1-10H3,(H,58,64)/t41-,42-,45+,46-,47-,48+,49-,51+,55+,56-/m1/s1. The average molecular weight is 941 g/mol. The third kappa shape index (κ3) is 13.2. The number of amides is 3. The maximum absolute atomic E-state index is 14.7. The number of nitrogens with zero attached hydrogens (tertiary/aromatic N) is 4. The Balaban J connectivity index is 1.15. The maximum Gasteiger partial charge on any atom is 0.245 e. The van der Waals surface area contributed by atoms with Crippen LogP contribution in [-0.4, -0.2) is 152 Å². The van der Waals surface area contributed by atoms with E-state index in [4.69, 9.17) is 9.47 Å². The van der Waals surface area contributed by atoms with E-state index < -0.39 is 11.6 Å². The molecule has 2 aromatic carbocycles. The van der Waals surface area contributed by atoms with E-state index in [0.29, 0.717) is 32.2 Å². The van der Waals surface area contributed by atoms with Gasteiger partial charge in [0.25, 0.3) is 0 Å². The zero-order chi connectivity index (χ0) is 49.2. The average Bonchev–Trinajstić information content (AvgIpc) is 3.72. The molecule has 0 aromatic heterocycles. The van der Waals surface area contributed by atoms with Crippen molar-refractivity contribution in [3.8, 4) is 0 Å². The molecule has 0 unspecified atom stereocenters. The van der Waals surface area contributed by atoms with E-state index in [0.717, 1.165) is 84.2 Å². The molecule has 12 heteroatoms. The van der Waals surface area contributed by atoms with Crippen molar-refractivity contribution in [2.45, 2.75) is 150 Å². The molecule has 378 valence electrons. The van der Waals surface area contributed by atoms with Gasteiger partial charge in [-0.2, -0.15) is 0 Å². The number of ketones is 1. The predicted molar refractivity (Wildman–Crippen MR) is 271 cm³/mol. The van der Waals surface area contributed by atoms with Crippen LogP contribution in [0.4, 0.5) is 0 Å². The number of carbonyl (C=O) groups is 4. The molecule has 12 nitrogen and oxygen atoms in total. The monoisotopic (exact) mass is 941 g/mol. The largest absolute Gasteiger partial charge is 0.374 e. The molecular weight excluding hydrogens is 853 g/mol. The van der Waals surface area contributed by atoms with E-state index in [2.05, 4.69) is 119 Å². The second-order valence-electron chi connectivity index (χ2n) is 22.2. The van der Waals surface area contributed by atoms with Crippen molar-refractivity contribution in [1.82, 2.24) is 30.2 Å². The Morgan fingerprint density at radius 2 is 1.37 bits per heavy atom. The number of nitrogens with one attached hydrogen (secondary N) is 2. The summed E-state index contributed by atoms with van der Waals surface area (Å²) in [7, 11) is 1.80. The fraction of sp³-hybridized carbons (Fsp3) is 0.714. The Kier molecular flexibility index (Phi) is 19.3. The van der Waals surface area contributed by atoms with Crippen LogP contribution in [0.15, 0.2) is 60.7 Å². The zero-order valence-electron chi connectivity index (χ0n) is 43.5. The topological polar surface area (TPSA) is 124 Å². The van der Waals surface area contributed by atoms with Crippen molar-refractivity contribution in [3.63, 3.8) is 0 Å². The summed E-state index contributed by atoms with van der Waals surface area (Å²) in [6, 6.07) is 20.4. The van der Waals surface area contributed by atoms with Gasteiger partial charge in [-0.05, 0) is 100 Å². The molecule has 0 radical (unpaired) electrons. The van der Waals surface area contributed by atoms with Gasteiger partial charge in [-0.15, -0.1) is 0 Å². The van der Waals surface area contributed by atoms with E-state index in [1.54, 1.807) is 7.05 Å². The predicted octanol–water partition coefficient (Wildman–Crippen LogP) is 6.89. The van der Waals surface area contributed by atoms with Crippen LogP contribution in [0.3, 0.4) is 0 Å². The summed E-state index contributed by atoms with van der Waals surface area (Å²) in [6.45, 7) is 25.7. The summed E-state index contributed by atoms with van der Waals surface area (Å²) in [5.74, 6) is 0.00475. The number of carbonyl (C=O) groups excluding carboxylic acids is 4. The van der Waals surface area contributed by atoms with Gasteiger partial charge in [-0.3, -0.25) is 29.0 Å². The number of Topliss-reactive ketones (excluding diaryl/α,β-unsaturated/α-hetero) is 1. The summed E-state index contributed by atoms with van der Waals surface area (Å²) in [6.07, 6.45) is 6.26. The summed E-state index contributed by atoms with van der Waals surface area (Å²) in [5, 5.41) is 6.22. The van der Waals surface area contributed by atoms with Crippen LogP contribution >= 0.6 is 0 Å². The summed E-state index contributed by atoms with van der Waals surface area (Å²) in [4.78, 5) is 64.7. The highest BCUT2D eigenvalue weighted by Crippen LogP contribution is 2.51. The molecule has 4 heterocycles. The summed E-state index contributed by atoms with van der Waals surface area (Å²) >= 11 is 0. The molecule has 6 rings (SSSR count). The van der Waals surface area contributed by atoms with Crippen molar-refractivity contribution < 1.29 is 28.7 Å². The minimum atomic E-state index is -0.581. The van der Waals surface area contributed by atoms with E-state index in [9.17, 15) is 19.2 Å². The number of likely N-dealkylation sites (N-methyl/N-ethyl adjacent to an activating group) is 1. The fourth-order valence-electron chi connectivity index (χ4n) is 11.7. The van der Waals surface area contributed by atoms with Gasteiger partial charge in [-0.25, -0.2) is 0 Å². The van der Waals surface area contributed by atoms with Gasteiger partial charge >= 0.3 is 0 Å². The second-order valence-corrected chi connectivity index (χ2v) is 22.2. The van der Waals surface area contributed by atoms with Gasteiger partial charge in [0.15, 0.2) is 0 Å². The van der Waals surface area contributed by atoms with Crippen LogP contribution in [0.1, 0.15) is 112 Å². The fourth-order valence-corrected chi connectivity index (χ4v) is 11.7. The van der Waals surface area contributed by atoms with Gasteiger partial charge in [0.1, 0.15) is 11.8 Å². The molecule has 4 saturated heterocycles. The van der Waals surface area contributed by atoms with Crippen LogP contribution < -0.4 is 10.6 Å². The molecule has 2 N–H and O–H groups in total. The Hall–Kier alpha value is -3.68. The first-order chi connectivity index (χ1) is 32.5. The van der Waals surface area contributed by atoms with Gasteiger partial charge in [0.2, 0.25) is 17.7 Å². The summed E-state index contributed by atoms with van der Waals surface area (Å²) in [5.41, 5.74) is 1.92. The summed E-state index contributed by atoms with van der Waals surface area (Å²) < 4.78 is 13.7. The molecular formula is C56H88N6O6. The van der Waals surface area contributed by atoms with Gasteiger partial charge in [-0.1, -0.05) is 109 Å². The molecule has 0 aliphatic carbocycles. The quantitative estimate of drug-likeness (QED) is 0.122. The molecule has 3 amide bonds. The van der Waals surface area contributed by atoms with Crippen LogP contribution in [0.5, 0.6) is 0 Å². The Labute approximate surface area is 410 Å². The number of hydrogen-bond acceptors (Lipinski definition) is 9. The lowest BCUT2D eigenvalue weighted by molar-refractivity contribution is -0.144. The first kappa shape index (κ1) is 53.7. The van der Waals surface area contributed by atoms with Crippen LogP contribution in [-0.2, 0) is 41.5 Å². The highest BCUT2D eigenvalue weighted by atomic mass is 16.5. The molecule has 10 atom stereocenters. The normalized spacial score (nSPS) is 27.5. The number of likely N-dealkylation sites (tertiary alicyclic amines) is 4. The molecule has 4 fully saturated rings. The van der Waals surface area contributed by atoms with Crippen molar-refractivity contribution in [3.05, 3.63) is 71.8 Å². The van der Waals surface area contributed by atoms with Gasteiger partial charge < -0.3 is 29.9 Å². The molecule has 4 aliphatic rings.